The van der Waals surface area contributed by atoms with Gasteiger partial charge in [0.2, 0.25) is 0 Å². The Bertz CT molecular complexity index is 629. The van der Waals surface area contributed by atoms with E-state index in [0.29, 0.717) is 17.9 Å². The summed E-state index contributed by atoms with van der Waals surface area (Å²) in [5.41, 5.74) is 1.65. The van der Waals surface area contributed by atoms with E-state index in [9.17, 15) is 10.1 Å². The molecule has 2 rings (SSSR count). The highest BCUT2D eigenvalue weighted by Crippen LogP contribution is 2.26. The van der Waals surface area contributed by atoms with Gasteiger partial charge in [-0.15, -0.1) is 0 Å². The molecule has 0 aliphatic rings. The molecule has 1 heterocycles. The second kappa shape index (κ2) is 6.76. The minimum absolute atomic E-state index is 0.0294. The van der Waals surface area contributed by atoms with Crippen LogP contribution < -0.4 is 10.1 Å². The Morgan fingerprint density at radius 1 is 1.33 bits per heavy atom. The number of hydrogen-bond acceptors (Lipinski definition) is 6. The van der Waals surface area contributed by atoms with Crippen LogP contribution in [0.2, 0.25) is 0 Å². The first-order chi connectivity index (χ1) is 10.1. The zero-order chi connectivity index (χ0) is 15.2. The molecule has 0 unspecified atom stereocenters. The molecule has 0 atom stereocenters. The van der Waals surface area contributed by atoms with Crippen LogP contribution in [0.1, 0.15) is 18.1 Å². The summed E-state index contributed by atoms with van der Waals surface area (Å²) in [4.78, 5) is 18.5. The molecule has 7 nitrogen and oxygen atoms in total. The normalized spacial score (nSPS) is 10.4. The van der Waals surface area contributed by atoms with Crippen LogP contribution in [0.15, 0.2) is 30.6 Å². The van der Waals surface area contributed by atoms with Gasteiger partial charge in [-0.2, -0.15) is 0 Å². The largest absolute Gasteiger partial charge is 0.424 e. The van der Waals surface area contributed by atoms with Gasteiger partial charge in [0.05, 0.1) is 4.92 Å². The minimum Gasteiger partial charge on any atom is -0.424 e. The Labute approximate surface area is 122 Å². The maximum absolute atomic E-state index is 10.7. The third kappa shape index (κ3) is 3.96. The van der Waals surface area contributed by atoms with E-state index in [-0.39, 0.29) is 11.7 Å². The van der Waals surface area contributed by atoms with Gasteiger partial charge in [-0.3, -0.25) is 10.1 Å². The number of nitro benzene ring substituents is 1. The van der Waals surface area contributed by atoms with Crippen molar-refractivity contribution in [3.05, 3.63) is 51.8 Å². The number of ether oxygens (including phenoxy) is 1. The molecular weight excluding hydrogens is 272 g/mol. The molecule has 0 amide bonds. The van der Waals surface area contributed by atoms with Crippen LogP contribution in [0.3, 0.4) is 0 Å². The second-order valence-electron chi connectivity index (χ2n) is 4.46. The third-order valence-corrected chi connectivity index (χ3v) is 2.83. The molecule has 21 heavy (non-hydrogen) atoms. The van der Waals surface area contributed by atoms with Crippen molar-refractivity contribution in [2.45, 2.75) is 20.4 Å². The van der Waals surface area contributed by atoms with Gasteiger partial charge in [-0.1, -0.05) is 6.92 Å². The van der Waals surface area contributed by atoms with E-state index in [1.807, 2.05) is 6.92 Å². The highest BCUT2D eigenvalue weighted by atomic mass is 16.6. The summed E-state index contributed by atoms with van der Waals surface area (Å²) in [6, 6.07) is 4.60. The molecular formula is C14H16N4O3. The van der Waals surface area contributed by atoms with E-state index < -0.39 is 4.92 Å². The van der Waals surface area contributed by atoms with E-state index in [0.717, 1.165) is 12.1 Å². The van der Waals surface area contributed by atoms with Crippen molar-refractivity contribution < 1.29 is 9.66 Å². The first kappa shape index (κ1) is 14.9. The number of nitro groups is 1. The number of hydrogen-bond donors (Lipinski definition) is 1. The van der Waals surface area contributed by atoms with Crippen molar-refractivity contribution in [2.75, 3.05) is 6.54 Å². The zero-order valence-electron chi connectivity index (χ0n) is 11.9. The van der Waals surface area contributed by atoms with Crippen LogP contribution in [0.25, 0.3) is 0 Å². The summed E-state index contributed by atoms with van der Waals surface area (Å²) < 4.78 is 5.54. The predicted molar refractivity (Wildman–Crippen MR) is 77.3 cm³/mol. The number of non-ortho nitro benzene ring substituents is 1. The summed E-state index contributed by atoms with van der Waals surface area (Å²) in [5.74, 6) is 0.500. The minimum atomic E-state index is -0.442. The quantitative estimate of drug-likeness (QED) is 0.649. The lowest BCUT2D eigenvalue weighted by atomic mass is 10.2. The Hall–Kier alpha value is -2.54. The molecule has 1 N–H and O–H groups in total. The SMILES string of the molecule is CCNCc1cnc(Oc2ccc([N+](=O)[O-])cc2C)nc1. The van der Waals surface area contributed by atoms with Gasteiger partial charge < -0.3 is 10.1 Å². The van der Waals surface area contributed by atoms with Crippen LogP contribution in [-0.2, 0) is 6.54 Å². The van der Waals surface area contributed by atoms with E-state index in [4.69, 9.17) is 4.74 Å². The lowest BCUT2D eigenvalue weighted by molar-refractivity contribution is -0.384. The van der Waals surface area contributed by atoms with Crippen LogP contribution in [0, 0.1) is 17.0 Å². The van der Waals surface area contributed by atoms with E-state index >= 15 is 0 Å². The van der Waals surface area contributed by atoms with Gasteiger partial charge in [-0.05, 0) is 25.1 Å². The van der Waals surface area contributed by atoms with E-state index in [1.54, 1.807) is 25.4 Å². The highest BCUT2D eigenvalue weighted by molar-refractivity contribution is 5.43. The molecule has 1 aromatic heterocycles. The van der Waals surface area contributed by atoms with Crippen molar-refractivity contribution >= 4 is 5.69 Å². The maximum Gasteiger partial charge on any atom is 0.321 e. The lowest BCUT2D eigenvalue weighted by Gasteiger charge is -2.07. The molecule has 0 fully saturated rings. The predicted octanol–water partition coefficient (Wildman–Crippen LogP) is 2.60. The van der Waals surface area contributed by atoms with Gasteiger partial charge in [-0.25, -0.2) is 9.97 Å². The topological polar surface area (TPSA) is 90.2 Å². The summed E-state index contributed by atoms with van der Waals surface area (Å²) in [7, 11) is 0. The number of nitrogens with one attached hydrogen (secondary N) is 1. The molecule has 7 heteroatoms. The lowest BCUT2D eigenvalue weighted by Crippen LogP contribution is -2.12. The van der Waals surface area contributed by atoms with Crippen molar-refractivity contribution in [1.29, 1.82) is 0 Å². The van der Waals surface area contributed by atoms with Gasteiger partial charge >= 0.3 is 6.01 Å². The molecule has 0 spiro atoms. The number of aryl methyl sites for hydroxylation is 1. The molecule has 110 valence electrons. The van der Waals surface area contributed by atoms with Crippen LogP contribution >= 0.6 is 0 Å². The van der Waals surface area contributed by atoms with E-state index in [1.165, 1.54) is 12.1 Å². The van der Waals surface area contributed by atoms with Crippen molar-refractivity contribution in [2.24, 2.45) is 0 Å². The monoisotopic (exact) mass is 288 g/mol. The maximum atomic E-state index is 10.7. The first-order valence-electron chi connectivity index (χ1n) is 6.54. The number of nitrogens with zero attached hydrogens (tertiary/aromatic N) is 3. The Morgan fingerprint density at radius 3 is 2.62 bits per heavy atom. The van der Waals surface area contributed by atoms with Crippen molar-refractivity contribution in [1.82, 2.24) is 15.3 Å². The summed E-state index contributed by atoms with van der Waals surface area (Å²) in [6.45, 7) is 5.34. The fraction of sp³-hybridized carbons (Fsp3) is 0.286. The fourth-order valence-corrected chi connectivity index (χ4v) is 1.72. The van der Waals surface area contributed by atoms with Crippen LogP contribution in [0.5, 0.6) is 11.8 Å². The van der Waals surface area contributed by atoms with Crippen molar-refractivity contribution in [3.8, 4) is 11.8 Å². The average Bonchev–Trinajstić information content (AvgIpc) is 2.48. The summed E-state index contributed by atoms with van der Waals surface area (Å²) in [5, 5.41) is 13.9. The summed E-state index contributed by atoms with van der Waals surface area (Å²) >= 11 is 0. The molecule has 0 saturated carbocycles. The fourth-order valence-electron chi connectivity index (χ4n) is 1.72. The smallest absolute Gasteiger partial charge is 0.321 e. The Morgan fingerprint density at radius 2 is 2.05 bits per heavy atom. The molecule has 0 aliphatic carbocycles. The van der Waals surface area contributed by atoms with Gasteiger partial charge in [0.15, 0.2) is 0 Å². The third-order valence-electron chi connectivity index (χ3n) is 2.83. The molecule has 1 aromatic carbocycles. The van der Waals surface area contributed by atoms with Gasteiger partial charge in [0.25, 0.3) is 5.69 Å². The molecule has 0 bridgehead atoms. The van der Waals surface area contributed by atoms with Crippen LogP contribution in [-0.4, -0.2) is 21.4 Å². The van der Waals surface area contributed by atoms with Crippen LogP contribution in [0.4, 0.5) is 5.69 Å². The molecule has 0 radical (unpaired) electrons. The van der Waals surface area contributed by atoms with Gasteiger partial charge in [0.1, 0.15) is 5.75 Å². The number of benzene rings is 1. The molecule has 2 aromatic rings. The Kier molecular flexibility index (Phi) is 4.78. The second-order valence-corrected chi connectivity index (χ2v) is 4.46. The van der Waals surface area contributed by atoms with Crippen molar-refractivity contribution in [3.63, 3.8) is 0 Å². The zero-order valence-corrected chi connectivity index (χ0v) is 11.9. The molecule has 0 aliphatic heterocycles. The number of aromatic nitrogens is 2. The average molecular weight is 288 g/mol. The summed E-state index contributed by atoms with van der Waals surface area (Å²) in [6.07, 6.45) is 3.37. The highest BCUT2D eigenvalue weighted by Gasteiger charge is 2.10. The van der Waals surface area contributed by atoms with E-state index in [2.05, 4.69) is 15.3 Å². The Balaban J connectivity index is 2.09. The number of rotatable bonds is 6. The first-order valence-corrected chi connectivity index (χ1v) is 6.54. The molecule has 0 saturated heterocycles. The van der Waals surface area contributed by atoms with Gasteiger partial charge in [0, 0.05) is 36.6 Å². The standard InChI is InChI=1S/C14H16N4O3/c1-3-15-7-11-8-16-14(17-9-11)21-13-5-4-12(18(19)20)6-10(13)2/h4-6,8-9,15H,3,7H2,1-2H3.